The number of alkyl halides is 1. The van der Waals surface area contributed by atoms with Crippen molar-refractivity contribution in [3.8, 4) is 5.75 Å². The summed E-state index contributed by atoms with van der Waals surface area (Å²) in [5.41, 5.74) is -4.48. The molecule has 3 rings (SSSR count). The van der Waals surface area contributed by atoms with E-state index in [0.717, 1.165) is 0 Å². The number of hydrogen-bond donors (Lipinski definition) is 0. The first kappa shape index (κ1) is 20.6. The molecule has 0 radical (unpaired) electrons. The van der Waals surface area contributed by atoms with Crippen molar-refractivity contribution >= 4 is 11.9 Å². The number of aromatic nitrogens is 2. The number of carbonyl (C=O) groups excluding carboxylic acids is 2. The third-order valence-electron chi connectivity index (χ3n) is 5.39. The maximum absolute atomic E-state index is 15.7. The van der Waals surface area contributed by atoms with Crippen molar-refractivity contribution in [1.82, 2.24) is 14.7 Å². The molecule has 1 spiro atoms. The number of fused-ring (bicyclic) bond motifs is 1. The Morgan fingerprint density at radius 3 is 2.29 bits per heavy atom. The number of ether oxygens (including phenoxy) is 2. The van der Waals surface area contributed by atoms with Gasteiger partial charge in [-0.25, -0.2) is 9.18 Å². The zero-order chi connectivity index (χ0) is 21.1. The average Bonchev–Trinajstić information content (AvgIpc) is 2.96. The molecule has 0 saturated carbocycles. The lowest BCUT2D eigenvalue weighted by molar-refractivity contribution is -0.0966. The van der Waals surface area contributed by atoms with Crippen molar-refractivity contribution in [2.75, 3.05) is 13.1 Å². The number of nitrogens with zero attached hydrogens (tertiary/aromatic N) is 3. The molecule has 1 aromatic heterocycles. The van der Waals surface area contributed by atoms with Gasteiger partial charge in [0.1, 0.15) is 5.60 Å². The molecule has 0 aliphatic carbocycles. The molecule has 2 aliphatic rings. The molecule has 1 saturated heterocycles. The monoisotopic (exact) mass is 395 g/mol. The van der Waals surface area contributed by atoms with Gasteiger partial charge < -0.3 is 14.4 Å². The summed E-state index contributed by atoms with van der Waals surface area (Å²) in [6.07, 6.45) is 1.62. The first-order chi connectivity index (χ1) is 12.7. The predicted octanol–water partition coefficient (Wildman–Crippen LogP) is 3.71. The molecular weight excluding hydrogens is 365 g/mol. The molecule has 1 fully saturated rings. The fourth-order valence-electron chi connectivity index (χ4n) is 3.62. The summed E-state index contributed by atoms with van der Waals surface area (Å²) in [6.45, 7) is 13.0. The van der Waals surface area contributed by atoms with E-state index in [1.54, 1.807) is 31.6 Å². The van der Waals surface area contributed by atoms with Crippen molar-refractivity contribution < 1.29 is 23.5 Å². The van der Waals surface area contributed by atoms with E-state index in [1.807, 2.05) is 20.8 Å². The van der Waals surface area contributed by atoms with E-state index < -0.39 is 28.7 Å². The summed E-state index contributed by atoms with van der Waals surface area (Å²) in [7, 11) is 0. The first-order valence-electron chi connectivity index (χ1n) is 9.67. The molecule has 156 valence electrons. The van der Waals surface area contributed by atoms with Crippen LogP contribution in [0.15, 0.2) is 6.20 Å². The second-order valence-electron chi connectivity index (χ2n) is 9.85. The zero-order valence-corrected chi connectivity index (χ0v) is 17.8. The van der Waals surface area contributed by atoms with Crippen LogP contribution in [0.5, 0.6) is 5.75 Å². The standard InChI is InChI=1S/C20H30FN3O4/c1-17(2,3)24-12-13-14(22-24)15(25)19(7,21)20(27-13)8-10-23(11-9-20)16(26)28-18(4,5)6/h12H,8-11H2,1-7H3. The normalized spacial score (nSPS) is 24.7. The van der Waals surface area contributed by atoms with E-state index >= 15 is 4.39 Å². The van der Waals surface area contributed by atoms with E-state index in [9.17, 15) is 9.59 Å². The van der Waals surface area contributed by atoms with Crippen molar-refractivity contribution in [3.05, 3.63) is 11.9 Å². The van der Waals surface area contributed by atoms with Gasteiger partial charge in [-0.1, -0.05) is 0 Å². The van der Waals surface area contributed by atoms with E-state index in [-0.39, 0.29) is 37.2 Å². The van der Waals surface area contributed by atoms with Crippen LogP contribution < -0.4 is 4.74 Å². The zero-order valence-electron chi connectivity index (χ0n) is 17.8. The number of carbonyl (C=O) groups is 2. The van der Waals surface area contributed by atoms with Crippen LogP contribution in [0, 0.1) is 0 Å². The number of rotatable bonds is 0. The molecule has 2 aliphatic heterocycles. The summed E-state index contributed by atoms with van der Waals surface area (Å²) in [5.74, 6) is -0.358. The minimum atomic E-state index is -2.23. The van der Waals surface area contributed by atoms with Gasteiger partial charge in [-0.3, -0.25) is 9.48 Å². The van der Waals surface area contributed by atoms with Crippen molar-refractivity contribution in [2.24, 2.45) is 0 Å². The average molecular weight is 395 g/mol. The van der Waals surface area contributed by atoms with E-state index in [1.165, 1.54) is 11.8 Å². The quantitative estimate of drug-likeness (QED) is 0.669. The third-order valence-corrected chi connectivity index (χ3v) is 5.39. The molecule has 1 atom stereocenters. The van der Waals surface area contributed by atoms with Gasteiger partial charge in [0.15, 0.2) is 17.0 Å². The highest BCUT2D eigenvalue weighted by Gasteiger charge is 2.62. The number of halogens is 1. The number of Topliss-reactive ketones (excluding diaryl/α,β-unsaturated/α-hetero) is 1. The van der Waals surface area contributed by atoms with Gasteiger partial charge in [0.05, 0.1) is 11.7 Å². The predicted molar refractivity (Wildman–Crippen MR) is 101 cm³/mol. The van der Waals surface area contributed by atoms with Gasteiger partial charge >= 0.3 is 6.09 Å². The fourth-order valence-corrected chi connectivity index (χ4v) is 3.62. The molecule has 8 heteroatoms. The Morgan fingerprint density at radius 2 is 1.79 bits per heavy atom. The van der Waals surface area contributed by atoms with Gasteiger partial charge in [-0.05, 0) is 48.5 Å². The van der Waals surface area contributed by atoms with Crippen LogP contribution in [0.2, 0.25) is 0 Å². The lowest BCUT2D eigenvalue weighted by Crippen LogP contribution is -2.65. The van der Waals surface area contributed by atoms with E-state index in [0.29, 0.717) is 5.75 Å². The van der Waals surface area contributed by atoms with Crippen LogP contribution >= 0.6 is 0 Å². The Bertz CT molecular complexity index is 793. The summed E-state index contributed by atoms with van der Waals surface area (Å²) < 4.78 is 28.8. The molecule has 3 heterocycles. The lowest BCUT2D eigenvalue weighted by atomic mass is 9.73. The first-order valence-corrected chi connectivity index (χ1v) is 9.67. The maximum atomic E-state index is 15.7. The number of piperidine rings is 1. The summed E-state index contributed by atoms with van der Waals surface area (Å²) in [6, 6.07) is 0. The largest absolute Gasteiger partial charge is 0.479 e. The minimum absolute atomic E-state index is 0.0279. The van der Waals surface area contributed by atoms with E-state index in [2.05, 4.69) is 5.10 Å². The van der Waals surface area contributed by atoms with Crippen molar-refractivity contribution in [1.29, 1.82) is 0 Å². The van der Waals surface area contributed by atoms with Crippen LogP contribution in [0.25, 0.3) is 0 Å². The highest BCUT2D eigenvalue weighted by atomic mass is 19.1. The van der Waals surface area contributed by atoms with Gasteiger partial charge in [0.25, 0.3) is 0 Å². The number of amides is 1. The number of ketones is 1. The Kier molecular flexibility index (Phi) is 4.56. The summed E-state index contributed by atoms with van der Waals surface area (Å²) in [5, 5.41) is 4.28. The molecule has 7 nitrogen and oxygen atoms in total. The highest BCUT2D eigenvalue weighted by molar-refractivity contribution is 6.04. The van der Waals surface area contributed by atoms with E-state index in [4.69, 9.17) is 9.47 Å². The molecule has 1 aromatic rings. The van der Waals surface area contributed by atoms with Crippen molar-refractivity contribution in [3.63, 3.8) is 0 Å². The molecule has 0 bridgehead atoms. The molecule has 28 heavy (non-hydrogen) atoms. The highest BCUT2D eigenvalue weighted by Crippen LogP contribution is 2.47. The number of likely N-dealkylation sites (tertiary alicyclic amines) is 1. The molecule has 0 aromatic carbocycles. The topological polar surface area (TPSA) is 73.7 Å². The minimum Gasteiger partial charge on any atom is -0.479 e. The van der Waals surface area contributed by atoms with Crippen LogP contribution in [0.3, 0.4) is 0 Å². The van der Waals surface area contributed by atoms with Crippen LogP contribution in [0.4, 0.5) is 9.18 Å². The Hall–Kier alpha value is -2.12. The van der Waals surface area contributed by atoms with Crippen LogP contribution in [-0.2, 0) is 10.3 Å². The smallest absolute Gasteiger partial charge is 0.410 e. The third kappa shape index (κ3) is 3.37. The fraction of sp³-hybridized carbons (Fsp3) is 0.750. The summed E-state index contributed by atoms with van der Waals surface area (Å²) in [4.78, 5) is 26.8. The van der Waals surface area contributed by atoms with Gasteiger partial charge in [0.2, 0.25) is 11.5 Å². The number of hydrogen-bond acceptors (Lipinski definition) is 5. The second-order valence-corrected chi connectivity index (χ2v) is 9.85. The summed E-state index contributed by atoms with van der Waals surface area (Å²) >= 11 is 0. The van der Waals surface area contributed by atoms with Crippen molar-refractivity contribution in [2.45, 2.75) is 83.7 Å². The Morgan fingerprint density at radius 1 is 1.21 bits per heavy atom. The molecular formula is C20H30FN3O4. The van der Waals surface area contributed by atoms with Crippen LogP contribution in [0.1, 0.15) is 71.8 Å². The molecule has 1 amide bonds. The molecule has 1 unspecified atom stereocenters. The SMILES string of the molecule is CC(C)(C)OC(=O)N1CCC2(CC1)Oc1cn(C(C)(C)C)nc1C(=O)C2(C)F. The van der Waals surface area contributed by atoms with Gasteiger partial charge in [-0.15, -0.1) is 0 Å². The van der Waals surface area contributed by atoms with Gasteiger partial charge in [0, 0.05) is 25.9 Å². The maximum Gasteiger partial charge on any atom is 0.410 e. The van der Waals surface area contributed by atoms with Gasteiger partial charge in [-0.2, -0.15) is 5.10 Å². The second kappa shape index (κ2) is 6.19. The van der Waals surface area contributed by atoms with Crippen LogP contribution in [-0.4, -0.2) is 56.5 Å². The Labute approximate surface area is 165 Å². The Balaban J connectivity index is 1.84. The lowest BCUT2D eigenvalue weighted by Gasteiger charge is -2.48. The molecule has 0 N–H and O–H groups in total.